The molecule has 1 N–H and O–H groups in total. The molecule has 1 unspecified atom stereocenters. The maximum absolute atomic E-state index is 8.78. The summed E-state index contributed by atoms with van der Waals surface area (Å²) in [4.78, 5) is 6.40. The van der Waals surface area contributed by atoms with Crippen molar-refractivity contribution in [3.63, 3.8) is 0 Å². The molecule has 0 spiro atoms. The van der Waals surface area contributed by atoms with Gasteiger partial charge >= 0.3 is 0 Å². The highest BCUT2D eigenvalue weighted by Crippen LogP contribution is 2.10. The number of nitrogens with one attached hydrogen (secondary N) is 1. The van der Waals surface area contributed by atoms with Crippen LogP contribution in [0.5, 0.6) is 0 Å². The van der Waals surface area contributed by atoms with Crippen LogP contribution in [0.15, 0.2) is 18.3 Å². The summed E-state index contributed by atoms with van der Waals surface area (Å²) in [5, 5.41) is 12.2. The third-order valence-electron chi connectivity index (χ3n) is 2.96. The smallest absolute Gasteiger partial charge is 0.140 e. The summed E-state index contributed by atoms with van der Waals surface area (Å²) in [5.41, 5.74) is 1.67. The first kappa shape index (κ1) is 11.1. The zero-order chi connectivity index (χ0) is 11.4. The number of rotatable bonds is 2. The Morgan fingerprint density at radius 1 is 1.69 bits per heavy atom. The normalized spacial score (nSPS) is 21.6. The third kappa shape index (κ3) is 2.57. The molecule has 1 saturated heterocycles. The topological polar surface area (TPSA) is 52.0 Å². The second-order valence-corrected chi connectivity index (χ2v) is 4.18. The van der Waals surface area contributed by atoms with Gasteiger partial charge in [0.1, 0.15) is 11.8 Å². The molecule has 0 saturated carbocycles. The lowest BCUT2D eigenvalue weighted by Crippen LogP contribution is -2.49. The van der Waals surface area contributed by atoms with Gasteiger partial charge in [0.05, 0.1) is 0 Å². The van der Waals surface area contributed by atoms with E-state index in [9.17, 15) is 0 Å². The molecular weight excluding hydrogens is 200 g/mol. The van der Waals surface area contributed by atoms with Crippen molar-refractivity contribution in [2.45, 2.75) is 19.5 Å². The molecule has 1 aliphatic rings. The minimum atomic E-state index is 0.500. The van der Waals surface area contributed by atoms with Crippen LogP contribution in [0, 0.1) is 11.3 Å². The summed E-state index contributed by atoms with van der Waals surface area (Å²) >= 11 is 0. The Labute approximate surface area is 95.9 Å². The minimum Gasteiger partial charge on any atom is -0.314 e. The van der Waals surface area contributed by atoms with Gasteiger partial charge in [-0.1, -0.05) is 0 Å². The molecule has 84 valence electrons. The van der Waals surface area contributed by atoms with Crippen molar-refractivity contribution in [2.75, 3.05) is 19.6 Å². The van der Waals surface area contributed by atoms with Crippen LogP contribution >= 0.6 is 0 Å². The van der Waals surface area contributed by atoms with Gasteiger partial charge in [-0.05, 0) is 24.6 Å². The van der Waals surface area contributed by atoms with E-state index in [4.69, 9.17) is 5.26 Å². The highest BCUT2D eigenvalue weighted by atomic mass is 15.2. The molecule has 1 aromatic heterocycles. The van der Waals surface area contributed by atoms with Crippen LogP contribution in [0.3, 0.4) is 0 Å². The number of hydrogen-bond donors (Lipinski definition) is 1. The Balaban J connectivity index is 2.05. The summed E-state index contributed by atoms with van der Waals surface area (Å²) < 4.78 is 0. The lowest BCUT2D eigenvalue weighted by Gasteiger charge is -2.33. The zero-order valence-electron chi connectivity index (χ0n) is 9.48. The van der Waals surface area contributed by atoms with E-state index in [1.54, 1.807) is 6.20 Å². The second kappa shape index (κ2) is 5.06. The molecule has 1 atom stereocenters. The second-order valence-electron chi connectivity index (χ2n) is 4.18. The van der Waals surface area contributed by atoms with E-state index < -0.39 is 0 Å². The monoisotopic (exact) mass is 216 g/mol. The van der Waals surface area contributed by atoms with Gasteiger partial charge in [-0.25, -0.2) is 4.98 Å². The first-order chi connectivity index (χ1) is 7.79. The Morgan fingerprint density at radius 3 is 3.31 bits per heavy atom. The van der Waals surface area contributed by atoms with Crippen LogP contribution in [0.1, 0.15) is 18.2 Å². The Bertz CT molecular complexity index is 396. The van der Waals surface area contributed by atoms with Crippen molar-refractivity contribution in [3.8, 4) is 6.07 Å². The van der Waals surface area contributed by atoms with Gasteiger partial charge < -0.3 is 5.32 Å². The average Bonchev–Trinajstić information content (AvgIpc) is 2.32. The SMILES string of the molecule is CC1CNCCN1Cc1ccnc(C#N)c1. The molecule has 1 aliphatic heterocycles. The van der Waals surface area contributed by atoms with Crippen molar-refractivity contribution in [1.82, 2.24) is 15.2 Å². The number of hydrogen-bond acceptors (Lipinski definition) is 4. The molecule has 4 nitrogen and oxygen atoms in total. The first-order valence-corrected chi connectivity index (χ1v) is 5.59. The third-order valence-corrected chi connectivity index (χ3v) is 2.96. The molecular formula is C12H16N4. The van der Waals surface area contributed by atoms with Gasteiger partial charge in [0, 0.05) is 38.4 Å². The number of nitriles is 1. The lowest BCUT2D eigenvalue weighted by molar-refractivity contribution is 0.165. The van der Waals surface area contributed by atoms with Crippen LogP contribution in [0.4, 0.5) is 0 Å². The highest BCUT2D eigenvalue weighted by molar-refractivity contribution is 5.25. The van der Waals surface area contributed by atoms with Crippen LogP contribution in [0.25, 0.3) is 0 Å². The molecule has 16 heavy (non-hydrogen) atoms. The quantitative estimate of drug-likeness (QED) is 0.792. The Hall–Kier alpha value is -1.44. The van der Waals surface area contributed by atoms with E-state index in [1.165, 1.54) is 5.56 Å². The van der Waals surface area contributed by atoms with Crippen molar-refractivity contribution in [2.24, 2.45) is 0 Å². The Morgan fingerprint density at radius 2 is 2.56 bits per heavy atom. The van der Waals surface area contributed by atoms with Gasteiger partial charge in [0.2, 0.25) is 0 Å². The molecule has 2 rings (SSSR count). The summed E-state index contributed by atoms with van der Waals surface area (Å²) in [6.07, 6.45) is 1.71. The van der Waals surface area contributed by atoms with Gasteiger partial charge in [-0.3, -0.25) is 4.90 Å². The van der Waals surface area contributed by atoms with Crippen LogP contribution in [-0.2, 0) is 6.54 Å². The van der Waals surface area contributed by atoms with Gasteiger partial charge in [0.15, 0.2) is 0 Å². The molecule has 1 fully saturated rings. The van der Waals surface area contributed by atoms with Crippen LogP contribution in [-0.4, -0.2) is 35.6 Å². The molecule has 0 amide bonds. The number of pyridine rings is 1. The van der Waals surface area contributed by atoms with Gasteiger partial charge in [0.25, 0.3) is 0 Å². The fourth-order valence-corrected chi connectivity index (χ4v) is 1.99. The van der Waals surface area contributed by atoms with Crippen molar-refractivity contribution < 1.29 is 0 Å². The van der Waals surface area contributed by atoms with E-state index in [0.29, 0.717) is 11.7 Å². The largest absolute Gasteiger partial charge is 0.314 e. The predicted octanol–water partition coefficient (Wildman–Crippen LogP) is 0.747. The molecule has 2 heterocycles. The van der Waals surface area contributed by atoms with Crippen LogP contribution in [0.2, 0.25) is 0 Å². The fourth-order valence-electron chi connectivity index (χ4n) is 1.99. The predicted molar refractivity (Wildman–Crippen MR) is 61.7 cm³/mol. The number of piperazine rings is 1. The van der Waals surface area contributed by atoms with E-state index in [0.717, 1.165) is 26.2 Å². The van der Waals surface area contributed by atoms with E-state index >= 15 is 0 Å². The number of aromatic nitrogens is 1. The van der Waals surface area contributed by atoms with Gasteiger partial charge in [-0.2, -0.15) is 5.26 Å². The summed E-state index contributed by atoms with van der Waals surface area (Å²) in [6, 6.07) is 6.47. The molecule has 0 radical (unpaired) electrons. The van der Waals surface area contributed by atoms with E-state index in [2.05, 4.69) is 28.2 Å². The molecule has 0 bridgehead atoms. The molecule has 0 aliphatic carbocycles. The highest BCUT2D eigenvalue weighted by Gasteiger charge is 2.17. The molecule has 0 aromatic carbocycles. The lowest BCUT2D eigenvalue weighted by atomic mass is 10.1. The van der Waals surface area contributed by atoms with E-state index in [-0.39, 0.29) is 0 Å². The van der Waals surface area contributed by atoms with Crippen molar-refractivity contribution in [1.29, 1.82) is 5.26 Å². The fraction of sp³-hybridized carbons (Fsp3) is 0.500. The Kier molecular flexibility index (Phi) is 3.50. The van der Waals surface area contributed by atoms with Crippen molar-refractivity contribution >= 4 is 0 Å². The molecule has 4 heteroatoms. The van der Waals surface area contributed by atoms with E-state index in [1.807, 2.05) is 12.1 Å². The maximum Gasteiger partial charge on any atom is 0.140 e. The number of nitrogens with zero attached hydrogens (tertiary/aromatic N) is 3. The molecule has 1 aromatic rings. The summed E-state index contributed by atoms with van der Waals surface area (Å²) in [7, 11) is 0. The zero-order valence-corrected chi connectivity index (χ0v) is 9.48. The van der Waals surface area contributed by atoms with Gasteiger partial charge in [-0.15, -0.1) is 0 Å². The average molecular weight is 216 g/mol. The maximum atomic E-state index is 8.78. The summed E-state index contributed by atoms with van der Waals surface area (Å²) in [5.74, 6) is 0. The minimum absolute atomic E-state index is 0.500. The van der Waals surface area contributed by atoms with Crippen molar-refractivity contribution in [3.05, 3.63) is 29.6 Å². The summed E-state index contributed by atoms with van der Waals surface area (Å²) in [6.45, 7) is 6.26. The first-order valence-electron chi connectivity index (χ1n) is 5.59. The van der Waals surface area contributed by atoms with Crippen LogP contribution < -0.4 is 5.32 Å². The standard InChI is InChI=1S/C12H16N4/c1-10-8-14-4-5-16(10)9-11-2-3-15-12(6-11)7-13/h2-3,6,10,14H,4-5,8-9H2,1H3.